The Morgan fingerprint density at radius 1 is 0.291 bits per heavy atom. The summed E-state index contributed by atoms with van der Waals surface area (Å²) in [6, 6.07) is 65.8. The summed E-state index contributed by atoms with van der Waals surface area (Å²) in [6.45, 7) is 0. The number of rotatable bonds is 5. The first-order chi connectivity index (χ1) is 27.2. The second-order valence-corrected chi connectivity index (χ2v) is 14.0. The Hall–Kier alpha value is -7.43. The van der Waals surface area contributed by atoms with Crippen LogP contribution < -0.4 is 0 Å². The van der Waals surface area contributed by atoms with Gasteiger partial charge < -0.3 is 4.42 Å². The Kier molecular flexibility index (Phi) is 7.14. The highest BCUT2D eigenvalue weighted by atomic mass is 16.3. The van der Waals surface area contributed by atoms with E-state index in [-0.39, 0.29) is 0 Å². The Morgan fingerprint density at radius 3 is 1.75 bits per heavy atom. The average molecular weight is 702 g/mol. The van der Waals surface area contributed by atoms with Gasteiger partial charge >= 0.3 is 0 Å². The third kappa shape index (κ3) is 5.26. The smallest absolute Gasteiger partial charge is 0.167 e. The Balaban J connectivity index is 1.14. The van der Waals surface area contributed by atoms with Crippen molar-refractivity contribution in [1.82, 2.24) is 15.0 Å². The monoisotopic (exact) mass is 701 g/mol. The molecule has 256 valence electrons. The van der Waals surface area contributed by atoms with Gasteiger partial charge in [-0.2, -0.15) is 0 Å². The van der Waals surface area contributed by atoms with E-state index in [2.05, 4.69) is 164 Å². The van der Waals surface area contributed by atoms with Gasteiger partial charge in [0.25, 0.3) is 0 Å². The van der Waals surface area contributed by atoms with E-state index in [1.807, 2.05) is 24.3 Å². The van der Waals surface area contributed by atoms with E-state index >= 15 is 0 Å². The van der Waals surface area contributed by atoms with Gasteiger partial charge in [0.05, 0.1) is 5.56 Å². The number of benzene rings is 9. The molecule has 0 fully saturated rings. The molecule has 9 aromatic carbocycles. The lowest BCUT2D eigenvalue weighted by molar-refractivity contribution is 0.669. The molecule has 2 aromatic heterocycles. The van der Waals surface area contributed by atoms with Gasteiger partial charge in [-0.1, -0.05) is 158 Å². The van der Waals surface area contributed by atoms with Crippen LogP contribution in [0.3, 0.4) is 0 Å². The molecule has 0 aliphatic rings. The van der Waals surface area contributed by atoms with E-state index in [0.717, 1.165) is 55.3 Å². The minimum Gasteiger partial charge on any atom is -0.455 e. The number of hydrogen-bond acceptors (Lipinski definition) is 4. The lowest BCUT2D eigenvalue weighted by atomic mass is 9.92. The van der Waals surface area contributed by atoms with Gasteiger partial charge in [-0.25, -0.2) is 15.0 Å². The molecule has 4 nitrogen and oxygen atoms in total. The highest BCUT2D eigenvalue weighted by Gasteiger charge is 2.20. The lowest BCUT2D eigenvalue weighted by Gasteiger charge is -2.14. The molecule has 0 atom stereocenters. The molecule has 0 aliphatic carbocycles. The summed E-state index contributed by atoms with van der Waals surface area (Å²) in [4.78, 5) is 15.7. The zero-order valence-electron chi connectivity index (χ0n) is 29.6. The van der Waals surface area contributed by atoms with Crippen molar-refractivity contribution >= 4 is 54.3 Å². The first kappa shape index (κ1) is 31.1. The van der Waals surface area contributed by atoms with Crippen molar-refractivity contribution in [2.45, 2.75) is 0 Å². The summed E-state index contributed by atoms with van der Waals surface area (Å²) in [5.41, 5.74) is 8.65. The van der Waals surface area contributed by atoms with Crippen LogP contribution in [0.25, 0.3) is 111 Å². The molecule has 0 radical (unpaired) electrons. The third-order valence-electron chi connectivity index (χ3n) is 10.7. The number of hydrogen-bond donors (Lipinski definition) is 0. The Labute approximate surface area is 317 Å². The second kappa shape index (κ2) is 12.6. The molecule has 0 N–H and O–H groups in total. The van der Waals surface area contributed by atoms with Crippen LogP contribution in [0.4, 0.5) is 0 Å². The van der Waals surface area contributed by atoms with Crippen LogP contribution >= 0.6 is 0 Å². The van der Waals surface area contributed by atoms with Gasteiger partial charge in [-0.15, -0.1) is 0 Å². The van der Waals surface area contributed by atoms with E-state index in [1.165, 1.54) is 37.9 Å². The zero-order valence-corrected chi connectivity index (χ0v) is 29.6. The first-order valence-electron chi connectivity index (χ1n) is 18.5. The Bertz CT molecular complexity index is 3290. The van der Waals surface area contributed by atoms with Crippen molar-refractivity contribution in [2.24, 2.45) is 0 Å². The zero-order chi connectivity index (χ0) is 36.3. The lowest BCUT2D eigenvalue weighted by Crippen LogP contribution is -2.01. The van der Waals surface area contributed by atoms with Crippen LogP contribution in [0, 0.1) is 0 Å². The van der Waals surface area contributed by atoms with E-state index < -0.39 is 0 Å². The third-order valence-corrected chi connectivity index (χ3v) is 10.7. The molecular weight excluding hydrogens is 671 g/mol. The second-order valence-electron chi connectivity index (χ2n) is 14.0. The van der Waals surface area contributed by atoms with E-state index in [9.17, 15) is 0 Å². The number of nitrogens with zero attached hydrogens (tertiary/aromatic N) is 3. The van der Waals surface area contributed by atoms with E-state index in [1.54, 1.807) is 0 Å². The predicted octanol–water partition coefficient (Wildman–Crippen LogP) is 13.6. The van der Waals surface area contributed by atoms with Crippen LogP contribution in [0.15, 0.2) is 192 Å². The molecule has 55 heavy (non-hydrogen) atoms. The molecule has 0 unspecified atom stereocenters. The van der Waals surface area contributed by atoms with Crippen LogP contribution in [-0.2, 0) is 0 Å². The molecule has 0 bridgehead atoms. The standard InChI is InChI=1S/C51H31N3O/c1-2-14-33-29-36(28-27-32(33)13-1)39-19-5-8-23-44(39)50-52-49(53-51(54-50)45-25-12-24-43-42-22-9-10-26-47(42)55-48(43)45)37-17-11-16-34(30-37)46-31-35-15-3-4-18-38(35)40-20-6-7-21-41(40)46/h1-31H. The van der Waals surface area contributed by atoms with Gasteiger partial charge in [0.2, 0.25) is 0 Å². The molecule has 2 heterocycles. The summed E-state index contributed by atoms with van der Waals surface area (Å²) >= 11 is 0. The quantitative estimate of drug-likeness (QED) is 0.168. The minimum absolute atomic E-state index is 0.555. The number of fused-ring (bicyclic) bond motifs is 7. The fourth-order valence-corrected chi connectivity index (χ4v) is 8.07. The summed E-state index contributed by atoms with van der Waals surface area (Å²) < 4.78 is 6.52. The van der Waals surface area contributed by atoms with Gasteiger partial charge in [0.15, 0.2) is 17.5 Å². The van der Waals surface area contributed by atoms with Crippen LogP contribution in [0.2, 0.25) is 0 Å². The summed E-state index contributed by atoms with van der Waals surface area (Å²) in [5.74, 6) is 1.74. The van der Waals surface area contributed by atoms with Gasteiger partial charge in [-0.05, 0) is 84.9 Å². The fraction of sp³-hybridized carbons (Fsp3) is 0. The average Bonchev–Trinajstić information content (AvgIpc) is 3.65. The van der Waals surface area contributed by atoms with Gasteiger partial charge in [0, 0.05) is 21.9 Å². The Morgan fingerprint density at radius 2 is 0.873 bits per heavy atom. The number of aromatic nitrogens is 3. The highest BCUT2D eigenvalue weighted by Crippen LogP contribution is 2.39. The van der Waals surface area contributed by atoms with Gasteiger partial charge in [0.1, 0.15) is 11.2 Å². The first-order valence-corrected chi connectivity index (χ1v) is 18.5. The molecule has 11 rings (SSSR count). The molecule has 0 saturated heterocycles. The number of furan rings is 1. The maximum atomic E-state index is 6.52. The molecule has 0 saturated carbocycles. The van der Waals surface area contributed by atoms with E-state index in [4.69, 9.17) is 19.4 Å². The van der Waals surface area contributed by atoms with Gasteiger partial charge in [-0.3, -0.25) is 0 Å². The van der Waals surface area contributed by atoms with Crippen molar-refractivity contribution in [3.05, 3.63) is 188 Å². The topological polar surface area (TPSA) is 51.8 Å². The molecule has 0 amide bonds. The number of para-hydroxylation sites is 2. The van der Waals surface area contributed by atoms with Crippen molar-refractivity contribution in [3.8, 4) is 56.4 Å². The molecule has 0 spiro atoms. The predicted molar refractivity (Wildman–Crippen MR) is 227 cm³/mol. The van der Waals surface area contributed by atoms with Crippen LogP contribution in [0.5, 0.6) is 0 Å². The minimum atomic E-state index is 0.555. The van der Waals surface area contributed by atoms with E-state index in [0.29, 0.717) is 17.5 Å². The maximum absolute atomic E-state index is 6.52. The molecule has 11 aromatic rings. The SMILES string of the molecule is c1cc(-c2nc(-c3ccccc3-c3ccc4ccccc4c3)nc(-c3cccc4c3oc3ccccc34)n2)cc(-c2cc3ccccc3c3ccccc23)c1. The highest BCUT2D eigenvalue weighted by molar-refractivity contribution is 6.14. The summed E-state index contributed by atoms with van der Waals surface area (Å²) in [5, 5.41) is 9.36. The summed E-state index contributed by atoms with van der Waals surface area (Å²) in [7, 11) is 0. The van der Waals surface area contributed by atoms with Crippen molar-refractivity contribution in [2.75, 3.05) is 0 Å². The molecule has 0 aliphatic heterocycles. The van der Waals surface area contributed by atoms with Crippen molar-refractivity contribution < 1.29 is 4.42 Å². The van der Waals surface area contributed by atoms with Crippen molar-refractivity contribution in [3.63, 3.8) is 0 Å². The fourth-order valence-electron chi connectivity index (χ4n) is 8.07. The molecular formula is C51H31N3O. The largest absolute Gasteiger partial charge is 0.455 e. The van der Waals surface area contributed by atoms with Crippen LogP contribution in [-0.4, -0.2) is 15.0 Å². The summed E-state index contributed by atoms with van der Waals surface area (Å²) in [6.07, 6.45) is 0. The van der Waals surface area contributed by atoms with Crippen molar-refractivity contribution in [1.29, 1.82) is 0 Å². The van der Waals surface area contributed by atoms with Crippen LogP contribution in [0.1, 0.15) is 0 Å². The normalized spacial score (nSPS) is 11.6. The maximum Gasteiger partial charge on any atom is 0.167 e. The molecule has 4 heteroatoms.